The number of hydrogen-bond donors (Lipinski definition) is 1. The smallest absolute Gasteiger partial charge is 0.225 e. The number of nitrogens with one attached hydrogen (secondary N) is 1. The summed E-state index contributed by atoms with van der Waals surface area (Å²) in [7, 11) is 0. The summed E-state index contributed by atoms with van der Waals surface area (Å²) < 4.78 is 13.7. The minimum atomic E-state index is -0.380. The SMILES string of the molecule is CC(C)(C)C(=O)NCC1CCCN(c2ncnc3ccc(F)cc23)C1. The quantitative estimate of drug-likeness (QED) is 0.929. The summed E-state index contributed by atoms with van der Waals surface area (Å²) in [6.07, 6.45) is 3.62. The zero-order valence-corrected chi connectivity index (χ0v) is 15.1. The standard InChI is InChI=1S/C19H25FN4O/c1-19(2,3)18(25)21-10-13-5-4-8-24(11-13)17-15-9-14(20)6-7-16(15)22-12-23-17/h6-7,9,12-13H,4-5,8,10-11H2,1-3H3,(H,21,25). The van der Waals surface area contributed by atoms with Crippen LogP contribution in [-0.2, 0) is 4.79 Å². The van der Waals surface area contributed by atoms with Crippen LogP contribution < -0.4 is 10.2 Å². The van der Waals surface area contributed by atoms with Gasteiger partial charge in [0.1, 0.15) is 18.0 Å². The highest BCUT2D eigenvalue weighted by Crippen LogP contribution is 2.28. The maximum Gasteiger partial charge on any atom is 0.225 e. The molecule has 1 unspecified atom stereocenters. The number of amides is 1. The fraction of sp³-hybridized carbons (Fsp3) is 0.526. The summed E-state index contributed by atoms with van der Waals surface area (Å²) >= 11 is 0. The van der Waals surface area contributed by atoms with Crippen LogP contribution in [0.1, 0.15) is 33.6 Å². The molecule has 1 aromatic carbocycles. The predicted octanol–water partition coefficient (Wildman–Crippen LogP) is 3.15. The summed E-state index contributed by atoms with van der Waals surface area (Å²) in [5.41, 5.74) is 0.365. The Labute approximate surface area is 147 Å². The molecule has 1 aliphatic rings. The molecule has 0 saturated carbocycles. The lowest BCUT2D eigenvalue weighted by Crippen LogP contribution is -2.43. The van der Waals surface area contributed by atoms with Gasteiger partial charge < -0.3 is 10.2 Å². The minimum Gasteiger partial charge on any atom is -0.356 e. The van der Waals surface area contributed by atoms with E-state index in [4.69, 9.17) is 0 Å². The molecule has 3 rings (SSSR count). The second kappa shape index (κ2) is 6.94. The van der Waals surface area contributed by atoms with E-state index in [1.807, 2.05) is 20.8 Å². The van der Waals surface area contributed by atoms with Crippen molar-refractivity contribution in [1.82, 2.24) is 15.3 Å². The molecule has 1 amide bonds. The third kappa shape index (κ3) is 4.06. The van der Waals surface area contributed by atoms with Crippen LogP contribution >= 0.6 is 0 Å². The van der Waals surface area contributed by atoms with Gasteiger partial charge in [0.2, 0.25) is 5.91 Å². The van der Waals surface area contributed by atoms with Gasteiger partial charge in [0.25, 0.3) is 0 Å². The molecular formula is C19H25FN4O. The van der Waals surface area contributed by atoms with Crippen LogP contribution in [0.25, 0.3) is 10.9 Å². The van der Waals surface area contributed by atoms with E-state index in [-0.39, 0.29) is 17.1 Å². The van der Waals surface area contributed by atoms with E-state index >= 15 is 0 Å². The van der Waals surface area contributed by atoms with Gasteiger partial charge in [-0.3, -0.25) is 4.79 Å². The fourth-order valence-corrected chi connectivity index (χ4v) is 3.19. The minimum absolute atomic E-state index is 0.0687. The van der Waals surface area contributed by atoms with Crippen LogP contribution in [0.4, 0.5) is 10.2 Å². The molecule has 134 valence electrons. The van der Waals surface area contributed by atoms with Gasteiger partial charge in [0, 0.05) is 30.4 Å². The van der Waals surface area contributed by atoms with E-state index in [0.717, 1.165) is 42.7 Å². The Hall–Kier alpha value is -2.24. The molecule has 2 heterocycles. The van der Waals surface area contributed by atoms with Gasteiger partial charge in [-0.15, -0.1) is 0 Å². The Morgan fingerprint density at radius 2 is 2.16 bits per heavy atom. The van der Waals surface area contributed by atoms with Crippen molar-refractivity contribution in [2.75, 3.05) is 24.5 Å². The van der Waals surface area contributed by atoms with Gasteiger partial charge in [0.05, 0.1) is 5.52 Å². The zero-order valence-electron chi connectivity index (χ0n) is 15.1. The number of hydrogen-bond acceptors (Lipinski definition) is 4. The Kier molecular flexibility index (Phi) is 4.88. The molecule has 6 heteroatoms. The first-order chi connectivity index (χ1) is 11.8. The number of benzene rings is 1. The second-order valence-corrected chi connectivity index (χ2v) is 7.77. The third-order valence-corrected chi connectivity index (χ3v) is 4.63. The van der Waals surface area contributed by atoms with Crippen molar-refractivity contribution in [2.45, 2.75) is 33.6 Å². The zero-order chi connectivity index (χ0) is 18.0. The molecule has 2 aromatic rings. The Bertz CT molecular complexity index is 772. The van der Waals surface area contributed by atoms with Crippen molar-refractivity contribution in [1.29, 1.82) is 0 Å². The van der Waals surface area contributed by atoms with Crippen molar-refractivity contribution in [3.63, 3.8) is 0 Å². The predicted molar refractivity (Wildman–Crippen MR) is 96.9 cm³/mol. The summed E-state index contributed by atoms with van der Waals surface area (Å²) in [6, 6.07) is 4.59. The Morgan fingerprint density at radius 1 is 1.36 bits per heavy atom. The van der Waals surface area contributed by atoms with Gasteiger partial charge >= 0.3 is 0 Å². The summed E-state index contributed by atoms with van der Waals surface area (Å²) in [6.45, 7) is 8.08. The van der Waals surface area contributed by atoms with E-state index in [9.17, 15) is 9.18 Å². The molecule has 5 nitrogen and oxygen atoms in total. The van der Waals surface area contributed by atoms with Crippen LogP contribution in [0, 0.1) is 17.2 Å². The highest BCUT2D eigenvalue weighted by molar-refractivity contribution is 5.89. The average molecular weight is 344 g/mol. The third-order valence-electron chi connectivity index (χ3n) is 4.63. The van der Waals surface area contributed by atoms with Gasteiger partial charge in [-0.2, -0.15) is 0 Å². The molecule has 0 radical (unpaired) electrons. The first kappa shape index (κ1) is 17.6. The number of halogens is 1. The van der Waals surface area contributed by atoms with E-state index in [1.165, 1.54) is 18.5 Å². The van der Waals surface area contributed by atoms with E-state index in [0.29, 0.717) is 12.5 Å². The Morgan fingerprint density at radius 3 is 2.92 bits per heavy atom. The van der Waals surface area contributed by atoms with Crippen molar-refractivity contribution in [2.24, 2.45) is 11.3 Å². The topological polar surface area (TPSA) is 58.1 Å². The monoisotopic (exact) mass is 344 g/mol. The maximum atomic E-state index is 13.7. The number of carbonyl (C=O) groups excluding carboxylic acids is 1. The van der Waals surface area contributed by atoms with Crippen LogP contribution in [0.5, 0.6) is 0 Å². The molecule has 1 fully saturated rings. The molecule has 0 aliphatic carbocycles. The number of piperidine rings is 1. The van der Waals surface area contributed by atoms with Crippen LogP contribution in [0.2, 0.25) is 0 Å². The lowest BCUT2D eigenvalue weighted by molar-refractivity contribution is -0.128. The number of rotatable bonds is 3. The highest BCUT2D eigenvalue weighted by atomic mass is 19.1. The van der Waals surface area contributed by atoms with Gasteiger partial charge in [-0.1, -0.05) is 20.8 Å². The normalized spacial score (nSPS) is 18.4. The highest BCUT2D eigenvalue weighted by Gasteiger charge is 2.25. The largest absolute Gasteiger partial charge is 0.356 e. The number of carbonyl (C=O) groups is 1. The molecule has 25 heavy (non-hydrogen) atoms. The Balaban J connectivity index is 1.74. The molecule has 1 saturated heterocycles. The first-order valence-electron chi connectivity index (χ1n) is 8.78. The first-order valence-corrected chi connectivity index (χ1v) is 8.78. The van der Waals surface area contributed by atoms with E-state index in [1.54, 1.807) is 6.07 Å². The van der Waals surface area contributed by atoms with Gasteiger partial charge in [0.15, 0.2) is 0 Å². The molecule has 1 atom stereocenters. The summed E-state index contributed by atoms with van der Waals surface area (Å²) in [5, 5.41) is 3.79. The number of nitrogens with zero attached hydrogens (tertiary/aromatic N) is 3. The lowest BCUT2D eigenvalue weighted by atomic mass is 9.94. The van der Waals surface area contributed by atoms with Crippen molar-refractivity contribution < 1.29 is 9.18 Å². The van der Waals surface area contributed by atoms with Gasteiger partial charge in [-0.05, 0) is 37.0 Å². The van der Waals surface area contributed by atoms with Crippen molar-refractivity contribution in [3.05, 3.63) is 30.3 Å². The van der Waals surface area contributed by atoms with Crippen molar-refractivity contribution >= 4 is 22.6 Å². The van der Waals surface area contributed by atoms with Crippen LogP contribution in [0.3, 0.4) is 0 Å². The van der Waals surface area contributed by atoms with Crippen LogP contribution in [-0.4, -0.2) is 35.5 Å². The lowest BCUT2D eigenvalue weighted by Gasteiger charge is -2.34. The molecule has 0 spiro atoms. The number of anilines is 1. The van der Waals surface area contributed by atoms with E-state index < -0.39 is 0 Å². The molecule has 1 N–H and O–H groups in total. The molecule has 1 aliphatic heterocycles. The van der Waals surface area contributed by atoms with E-state index in [2.05, 4.69) is 20.2 Å². The molecule has 0 bridgehead atoms. The van der Waals surface area contributed by atoms with Crippen LogP contribution in [0.15, 0.2) is 24.5 Å². The van der Waals surface area contributed by atoms with Gasteiger partial charge in [-0.25, -0.2) is 14.4 Å². The fourth-order valence-electron chi connectivity index (χ4n) is 3.19. The summed E-state index contributed by atoms with van der Waals surface area (Å²) in [5.74, 6) is 0.920. The second-order valence-electron chi connectivity index (χ2n) is 7.77. The molecular weight excluding hydrogens is 319 g/mol. The van der Waals surface area contributed by atoms with Crippen molar-refractivity contribution in [3.8, 4) is 0 Å². The average Bonchev–Trinajstić information content (AvgIpc) is 2.58. The summed E-state index contributed by atoms with van der Waals surface area (Å²) in [4.78, 5) is 22.9. The number of aromatic nitrogens is 2. The number of fused-ring (bicyclic) bond motifs is 1. The molecule has 1 aromatic heterocycles. The maximum absolute atomic E-state index is 13.7.